The standard InChI is InChI=1S/C17H30O2/c1-4-6-16(18)19-17(12(2)3)15-10-13-7-5-8-14(9-13)11-15/h12-15,17H,4-11H2,1-3H3. The largest absolute Gasteiger partial charge is 0.462 e. The van der Waals surface area contributed by atoms with Crippen LogP contribution in [-0.4, -0.2) is 12.1 Å². The fraction of sp³-hybridized carbons (Fsp3) is 0.941. The van der Waals surface area contributed by atoms with Crippen molar-refractivity contribution in [3.8, 4) is 0 Å². The molecule has 110 valence electrons. The van der Waals surface area contributed by atoms with Crippen LogP contribution in [0.25, 0.3) is 0 Å². The lowest BCUT2D eigenvalue weighted by atomic mass is 9.65. The highest BCUT2D eigenvalue weighted by atomic mass is 16.5. The molecule has 0 aliphatic heterocycles. The second-order valence-corrected chi connectivity index (χ2v) is 7.08. The summed E-state index contributed by atoms with van der Waals surface area (Å²) in [6.07, 6.45) is 9.86. The first-order valence-corrected chi connectivity index (χ1v) is 8.29. The van der Waals surface area contributed by atoms with E-state index in [-0.39, 0.29) is 12.1 Å². The lowest BCUT2D eigenvalue weighted by Gasteiger charge is -2.42. The third-order valence-corrected chi connectivity index (χ3v) is 5.01. The van der Waals surface area contributed by atoms with Crippen molar-refractivity contribution in [1.29, 1.82) is 0 Å². The van der Waals surface area contributed by atoms with Crippen LogP contribution >= 0.6 is 0 Å². The maximum Gasteiger partial charge on any atom is 0.306 e. The van der Waals surface area contributed by atoms with Crippen LogP contribution in [0, 0.1) is 23.7 Å². The molecular weight excluding hydrogens is 236 g/mol. The van der Waals surface area contributed by atoms with E-state index in [2.05, 4.69) is 13.8 Å². The summed E-state index contributed by atoms with van der Waals surface area (Å²) in [6, 6.07) is 0. The first-order chi connectivity index (χ1) is 9.10. The molecule has 19 heavy (non-hydrogen) atoms. The topological polar surface area (TPSA) is 26.3 Å². The van der Waals surface area contributed by atoms with Gasteiger partial charge in [0.2, 0.25) is 0 Å². The lowest BCUT2D eigenvalue weighted by Crippen LogP contribution is -2.38. The summed E-state index contributed by atoms with van der Waals surface area (Å²) >= 11 is 0. The van der Waals surface area contributed by atoms with E-state index >= 15 is 0 Å². The minimum atomic E-state index is 0.0110. The highest BCUT2D eigenvalue weighted by molar-refractivity contribution is 5.69. The second-order valence-electron chi connectivity index (χ2n) is 7.08. The van der Waals surface area contributed by atoms with E-state index in [9.17, 15) is 4.79 Å². The van der Waals surface area contributed by atoms with Gasteiger partial charge in [0, 0.05) is 6.42 Å². The van der Waals surface area contributed by atoms with Crippen LogP contribution in [0.4, 0.5) is 0 Å². The van der Waals surface area contributed by atoms with Gasteiger partial charge in [0.05, 0.1) is 0 Å². The minimum absolute atomic E-state index is 0.0110. The zero-order chi connectivity index (χ0) is 13.8. The second kappa shape index (κ2) is 6.76. The van der Waals surface area contributed by atoms with Gasteiger partial charge in [-0.1, -0.05) is 40.0 Å². The number of ether oxygens (including phenoxy) is 1. The summed E-state index contributed by atoms with van der Waals surface area (Å²) < 4.78 is 5.82. The summed E-state index contributed by atoms with van der Waals surface area (Å²) in [5, 5.41) is 0. The molecule has 2 saturated carbocycles. The fourth-order valence-corrected chi connectivity index (χ4v) is 4.24. The van der Waals surface area contributed by atoms with Crippen LogP contribution in [0.3, 0.4) is 0 Å². The van der Waals surface area contributed by atoms with Crippen molar-refractivity contribution >= 4 is 5.97 Å². The third-order valence-electron chi connectivity index (χ3n) is 5.01. The van der Waals surface area contributed by atoms with Crippen molar-refractivity contribution < 1.29 is 9.53 Å². The predicted octanol–water partition coefficient (Wildman–Crippen LogP) is 4.57. The van der Waals surface area contributed by atoms with E-state index in [0.29, 0.717) is 18.3 Å². The van der Waals surface area contributed by atoms with Crippen molar-refractivity contribution in [2.24, 2.45) is 23.7 Å². The molecule has 2 heteroatoms. The van der Waals surface area contributed by atoms with Gasteiger partial charge in [-0.2, -0.15) is 0 Å². The van der Waals surface area contributed by atoms with Crippen LogP contribution < -0.4 is 0 Å². The van der Waals surface area contributed by atoms with Crippen LogP contribution in [0.2, 0.25) is 0 Å². The van der Waals surface area contributed by atoms with Crippen LogP contribution in [0.1, 0.15) is 72.1 Å². The number of fused-ring (bicyclic) bond motifs is 2. The Labute approximate surface area is 118 Å². The van der Waals surface area contributed by atoms with Crippen molar-refractivity contribution in [2.45, 2.75) is 78.2 Å². The first kappa shape index (κ1) is 14.9. The molecule has 2 aliphatic carbocycles. The van der Waals surface area contributed by atoms with Gasteiger partial charge in [0.25, 0.3) is 0 Å². The molecule has 0 aromatic rings. The molecule has 0 spiro atoms. The maximum atomic E-state index is 11.8. The van der Waals surface area contributed by atoms with Crippen LogP contribution in [-0.2, 0) is 9.53 Å². The third kappa shape index (κ3) is 3.97. The van der Waals surface area contributed by atoms with E-state index in [1.54, 1.807) is 0 Å². The number of hydrogen-bond acceptors (Lipinski definition) is 2. The molecule has 3 atom stereocenters. The molecule has 0 aromatic heterocycles. The molecule has 2 nitrogen and oxygen atoms in total. The normalized spacial score (nSPS) is 32.1. The molecule has 2 aliphatic rings. The Morgan fingerprint density at radius 3 is 2.32 bits per heavy atom. The van der Waals surface area contributed by atoms with Crippen molar-refractivity contribution in [3.05, 3.63) is 0 Å². The monoisotopic (exact) mass is 266 g/mol. The molecule has 0 radical (unpaired) electrons. The summed E-state index contributed by atoms with van der Waals surface area (Å²) in [4.78, 5) is 11.8. The zero-order valence-electron chi connectivity index (χ0n) is 12.9. The molecule has 2 bridgehead atoms. The van der Waals surface area contributed by atoms with Gasteiger partial charge in [-0.25, -0.2) is 0 Å². The van der Waals surface area contributed by atoms with Crippen molar-refractivity contribution in [2.75, 3.05) is 0 Å². The quantitative estimate of drug-likeness (QED) is 0.681. The summed E-state index contributed by atoms with van der Waals surface area (Å²) in [5.41, 5.74) is 0. The minimum Gasteiger partial charge on any atom is -0.462 e. The Kier molecular flexibility index (Phi) is 5.29. The Balaban J connectivity index is 1.96. The van der Waals surface area contributed by atoms with E-state index in [4.69, 9.17) is 4.74 Å². The lowest BCUT2D eigenvalue weighted by molar-refractivity contribution is -0.157. The Morgan fingerprint density at radius 2 is 1.79 bits per heavy atom. The highest BCUT2D eigenvalue weighted by Gasteiger charge is 2.37. The maximum absolute atomic E-state index is 11.8. The Morgan fingerprint density at radius 1 is 1.16 bits per heavy atom. The molecule has 0 saturated heterocycles. The average Bonchev–Trinajstić information content (AvgIpc) is 2.35. The molecule has 0 N–H and O–H groups in total. The van der Waals surface area contributed by atoms with Crippen molar-refractivity contribution in [1.82, 2.24) is 0 Å². The van der Waals surface area contributed by atoms with Gasteiger partial charge in [-0.05, 0) is 49.4 Å². The average molecular weight is 266 g/mol. The van der Waals surface area contributed by atoms with Gasteiger partial charge in [0.1, 0.15) is 6.10 Å². The summed E-state index contributed by atoms with van der Waals surface area (Å²) in [5.74, 6) is 2.89. The smallest absolute Gasteiger partial charge is 0.306 e. The zero-order valence-corrected chi connectivity index (χ0v) is 12.9. The van der Waals surface area contributed by atoms with Gasteiger partial charge < -0.3 is 4.74 Å². The molecule has 2 rings (SSSR count). The summed E-state index contributed by atoms with van der Waals surface area (Å²) in [7, 11) is 0. The SMILES string of the molecule is CCCC(=O)OC(C(C)C)C1CC2CCCC(C2)C1. The van der Waals surface area contributed by atoms with Crippen LogP contribution in [0.5, 0.6) is 0 Å². The number of carbonyl (C=O) groups excluding carboxylic acids is 1. The molecular formula is C17H30O2. The Hall–Kier alpha value is -0.530. The molecule has 0 heterocycles. The van der Waals surface area contributed by atoms with E-state index in [0.717, 1.165) is 18.3 Å². The van der Waals surface area contributed by atoms with Gasteiger partial charge in [0.15, 0.2) is 0 Å². The van der Waals surface area contributed by atoms with Gasteiger partial charge in [-0.3, -0.25) is 4.79 Å². The first-order valence-electron chi connectivity index (χ1n) is 8.29. The number of rotatable bonds is 5. The van der Waals surface area contributed by atoms with Gasteiger partial charge >= 0.3 is 5.97 Å². The predicted molar refractivity (Wildman–Crippen MR) is 77.8 cm³/mol. The van der Waals surface area contributed by atoms with E-state index in [1.165, 1.54) is 38.5 Å². The number of esters is 1. The highest BCUT2D eigenvalue weighted by Crippen LogP contribution is 2.45. The van der Waals surface area contributed by atoms with E-state index < -0.39 is 0 Å². The van der Waals surface area contributed by atoms with Crippen molar-refractivity contribution in [3.63, 3.8) is 0 Å². The fourth-order valence-electron chi connectivity index (χ4n) is 4.24. The number of hydrogen-bond donors (Lipinski definition) is 0. The molecule has 3 unspecified atom stereocenters. The molecule has 0 aromatic carbocycles. The van der Waals surface area contributed by atoms with Crippen LogP contribution in [0.15, 0.2) is 0 Å². The molecule has 2 fully saturated rings. The Bertz CT molecular complexity index is 286. The van der Waals surface area contributed by atoms with E-state index in [1.807, 2.05) is 6.92 Å². The number of carbonyl (C=O) groups is 1. The summed E-state index contributed by atoms with van der Waals surface area (Å²) in [6.45, 7) is 6.44. The van der Waals surface area contributed by atoms with Gasteiger partial charge in [-0.15, -0.1) is 0 Å². The molecule has 0 amide bonds.